The van der Waals surface area contributed by atoms with Crippen LogP contribution in [0.5, 0.6) is 0 Å². The van der Waals surface area contributed by atoms with Crippen molar-refractivity contribution in [1.29, 1.82) is 5.26 Å². The molecule has 2 aliphatic rings. The maximum Gasteiger partial charge on any atom is 0.330 e. The summed E-state index contributed by atoms with van der Waals surface area (Å²) in [5, 5.41) is 11.0. The van der Waals surface area contributed by atoms with Gasteiger partial charge in [-0.05, 0) is 25.8 Å². The van der Waals surface area contributed by atoms with E-state index in [0.717, 1.165) is 0 Å². The quantitative estimate of drug-likeness (QED) is 0.387. The second-order valence-corrected chi connectivity index (χ2v) is 9.33. The number of carbonyl (C=O) groups is 3. The summed E-state index contributed by atoms with van der Waals surface area (Å²) in [6.07, 6.45) is 0.757. The molecule has 2 aliphatic heterocycles. The molecule has 1 unspecified atom stereocenters. The Morgan fingerprint density at radius 2 is 2.07 bits per heavy atom. The topological polar surface area (TPSA) is 126 Å². The lowest BCUT2D eigenvalue weighted by Crippen LogP contribution is -2.71. The molecule has 1 aromatic carbocycles. The molecule has 0 spiro atoms. The van der Waals surface area contributed by atoms with Gasteiger partial charge in [-0.1, -0.05) is 30.3 Å². The molecular weight excluding hydrogens is 392 g/mol. The predicted molar refractivity (Wildman–Crippen MR) is 107 cm³/mol. The third-order valence-electron chi connectivity index (χ3n) is 5.08. The zero-order valence-corrected chi connectivity index (χ0v) is 17.1. The van der Waals surface area contributed by atoms with E-state index < -0.39 is 34.7 Å². The van der Waals surface area contributed by atoms with Crippen LogP contribution in [0, 0.1) is 11.3 Å². The van der Waals surface area contributed by atoms with Crippen LogP contribution in [0.1, 0.15) is 38.3 Å². The number of nitrogens with two attached hydrogens (primary N) is 1. The van der Waals surface area contributed by atoms with Crippen LogP contribution in [0.15, 0.2) is 30.3 Å². The molecule has 0 aromatic heterocycles. The Labute approximate surface area is 173 Å². The molecule has 154 valence electrons. The number of rotatable bonds is 7. The van der Waals surface area contributed by atoms with Crippen LogP contribution in [-0.4, -0.2) is 51.5 Å². The number of ether oxygens (including phenoxy) is 1. The molecule has 3 N–H and O–H groups in total. The molecule has 2 heterocycles. The number of nitrogens with zero attached hydrogens (tertiary/aromatic N) is 2. The van der Waals surface area contributed by atoms with Crippen molar-refractivity contribution < 1.29 is 19.1 Å². The van der Waals surface area contributed by atoms with Crippen molar-refractivity contribution >= 4 is 29.5 Å². The largest absolute Gasteiger partial charge is 0.464 e. The van der Waals surface area contributed by atoms with Gasteiger partial charge < -0.3 is 20.7 Å². The molecule has 8 nitrogen and oxygen atoms in total. The maximum atomic E-state index is 12.7. The van der Waals surface area contributed by atoms with Crippen molar-refractivity contribution in [3.05, 3.63) is 35.9 Å². The van der Waals surface area contributed by atoms with Gasteiger partial charge in [0.15, 0.2) is 0 Å². The monoisotopic (exact) mass is 416 g/mol. The van der Waals surface area contributed by atoms with Crippen LogP contribution in [0.4, 0.5) is 0 Å². The number of unbranched alkanes of at least 4 members (excludes halogenated alkanes) is 1. The Morgan fingerprint density at radius 1 is 1.38 bits per heavy atom. The Balaban J connectivity index is 1.64. The number of hydrogen-bond donors (Lipinski definition) is 2. The number of benzene rings is 1. The van der Waals surface area contributed by atoms with Crippen molar-refractivity contribution in [1.82, 2.24) is 10.2 Å². The Hall–Kier alpha value is -2.57. The van der Waals surface area contributed by atoms with Crippen molar-refractivity contribution in [2.45, 2.75) is 54.9 Å². The minimum atomic E-state index is -0.877. The first-order chi connectivity index (χ1) is 13.8. The fraction of sp³-hybridized carbons (Fsp3) is 0.500. The fourth-order valence-corrected chi connectivity index (χ4v) is 5.20. The second-order valence-electron chi connectivity index (χ2n) is 7.56. The lowest BCUT2D eigenvalue weighted by molar-refractivity contribution is -0.164. The number of thioether (sulfide) groups is 1. The van der Waals surface area contributed by atoms with E-state index in [1.54, 1.807) is 24.3 Å². The Bertz CT molecular complexity index is 839. The molecule has 2 fully saturated rings. The summed E-state index contributed by atoms with van der Waals surface area (Å²) in [5.74, 6) is -1.24. The number of fused-ring (bicyclic) bond motifs is 1. The van der Waals surface area contributed by atoms with Gasteiger partial charge in [-0.2, -0.15) is 5.26 Å². The summed E-state index contributed by atoms with van der Waals surface area (Å²) in [7, 11) is 0. The molecule has 3 rings (SSSR count). The molecule has 0 radical (unpaired) electrons. The van der Waals surface area contributed by atoms with Gasteiger partial charge in [0, 0.05) is 11.2 Å². The summed E-state index contributed by atoms with van der Waals surface area (Å²) in [6, 6.07) is 8.59. The highest BCUT2D eigenvalue weighted by molar-refractivity contribution is 8.01. The predicted octanol–water partition coefficient (Wildman–Crippen LogP) is 1.08. The van der Waals surface area contributed by atoms with E-state index in [9.17, 15) is 14.4 Å². The molecule has 9 heteroatoms. The number of β-lactam (4-membered cyclic amide) rings is 1. The smallest absolute Gasteiger partial charge is 0.330 e. The number of hydrogen-bond acceptors (Lipinski definition) is 7. The Morgan fingerprint density at radius 3 is 2.72 bits per heavy atom. The molecule has 2 amide bonds. The molecule has 0 bridgehead atoms. The highest BCUT2D eigenvalue weighted by atomic mass is 32.2. The van der Waals surface area contributed by atoms with Crippen LogP contribution in [0.25, 0.3) is 0 Å². The SMILES string of the molecule is CC1(C)SC2[C@H](NC(=O)[C@H](N)c3ccccc3)C(=O)N2[C@H]1C(=O)OCCCC#N. The maximum absolute atomic E-state index is 12.7. The van der Waals surface area contributed by atoms with Crippen LogP contribution >= 0.6 is 11.8 Å². The second kappa shape index (κ2) is 8.43. The lowest BCUT2D eigenvalue weighted by atomic mass is 9.95. The normalized spacial score (nSPS) is 25.4. The van der Waals surface area contributed by atoms with Crippen molar-refractivity contribution in [3.8, 4) is 6.07 Å². The molecule has 2 saturated heterocycles. The zero-order chi connectivity index (χ0) is 21.2. The van der Waals surface area contributed by atoms with E-state index in [-0.39, 0.29) is 17.9 Å². The van der Waals surface area contributed by atoms with E-state index in [4.69, 9.17) is 15.7 Å². The minimum Gasteiger partial charge on any atom is -0.464 e. The lowest BCUT2D eigenvalue weighted by Gasteiger charge is -2.44. The van der Waals surface area contributed by atoms with Gasteiger partial charge in [-0.3, -0.25) is 9.59 Å². The first kappa shape index (κ1) is 21.1. The van der Waals surface area contributed by atoms with E-state index in [0.29, 0.717) is 18.4 Å². The van der Waals surface area contributed by atoms with E-state index in [1.165, 1.54) is 16.7 Å². The van der Waals surface area contributed by atoms with Crippen LogP contribution in [0.2, 0.25) is 0 Å². The summed E-state index contributed by atoms with van der Waals surface area (Å²) < 4.78 is 4.71. The van der Waals surface area contributed by atoms with Gasteiger partial charge in [0.1, 0.15) is 23.5 Å². The minimum absolute atomic E-state index is 0.141. The zero-order valence-electron chi connectivity index (χ0n) is 16.3. The number of carbonyl (C=O) groups excluding carboxylic acids is 3. The van der Waals surface area contributed by atoms with Crippen LogP contribution in [-0.2, 0) is 19.1 Å². The summed E-state index contributed by atoms with van der Waals surface area (Å²) in [5.41, 5.74) is 6.67. The first-order valence-electron chi connectivity index (χ1n) is 9.42. The van der Waals surface area contributed by atoms with Crippen molar-refractivity contribution in [2.75, 3.05) is 6.61 Å². The summed E-state index contributed by atoms with van der Waals surface area (Å²) >= 11 is 1.46. The highest BCUT2D eigenvalue weighted by Gasteiger charge is 2.64. The molecule has 1 aromatic rings. The first-order valence-corrected chi connectivity index (χ1v) is 10.3. The Kier molecular flexibility index (Phi) is 6.15. The van der Waals surface area contributed by atoms with Crippen molar-refractivity contribution in [3.63, 3.8) is 0 Å². The van der Waals surface area contributed by atoms with Gasteiger partial charge in [0.2, 0.25) is 11.8 Å². The summed E-state index contributed by atoms with van der Waals surface area (Å²) in [6.45, 7) is 3.89. The van der Waals surface area contributed by atoms with Crippen LogP contribution in [0.3, 0.4) is 0 Å². The van der Waals surface area contributed by atoms with Gasteiger partial charge in [-0.15, -0.1) is 11.8 Å². The number of nitriles is 1. The highest BCUT2D eigenvalue weighted by Crippen LogP contribution is 2.51. The molecule has 0 saturated carbocycles. The third-order valence-corrected chi connectivity index (χ3v) is 6.65. The molecule has 0 aliphatic carbocycles. The fourth-order valence-electron chi connectivity index (χ4n) is 3.58. The number of amides is 2. The van der Waals surface area contributed by atoms with E-state index in [1.807, 2.05) is 26.0 Å². The van der Waals surface area contributed by atoms with E-state index >= 15 is 0 Å². The third kappa shape index (κ3) is 4.09. The summed E-state index contributed by atoms with van der Waals surface area (Å²) in [4.78, 5) is 39.3. The van der Waals surface area contributed by atoms with Crippen LogP contribution < -0.4 is 11.1 Å². The van der Waals surface area contributed by atoms with Gasteiger partial charge in [0.05, 0.1) is 12.7 Å². The number of nitrogens with one attached hydrogen (secondary N) is 1. The van der Waals surface area contributed by atoms with Crippen molar-refractivity contribution in [2.24, 2.45) is 5.73 Å². The molecule has 4 atom stereocenters. The van der Waals surface area contributed by atoms with Gasteiger partial charge in [0.25, 0.3) is 0 Å². The molecular formula is C20H24N4O4S. The molecule has 29 heavy (non-hydrogen) atoms. The average molecular weight is 417 g/mol. The average Bonchev–Trinajstić information content (AvgIpc) is 2.97. The number of esters is 1. The standard InChI is InChI=1S/C20H24N4O4S/c1-20(2)15(19(27)28-11-7-6-10-21)24-17(26)14(18(24)29-20)23-16(25)13(22)12-8-4-3-5-9-12/h3-5,8-9,13-15,18H,6-7,11,22H2,1-2H3,(H,23,25)/t13-,14-,15+,18?/m1/s1. The van der Waals surface area contributed by atoms with Gasteiger partial charge in [-0.25, -0.2) is 4.79 Å². The van der Waals surface area contributed by atoms with E-state index in [2.05, 4.69) is 5.32 Å². The van der Waals surface area contributed by atoms with Gasteiger partial charge >= 0.3 is 5.97 Å².